The van der Waals surface area contributed by atoms with Gasteiger partial charge in [-0.25, -0.2) is 0 Å². The standard InChI is InChI=1S/C17H32N2O/c1-7-13-9-10-14(12-19(6)8-2)15(11-13)16(20)18-17(3,4)5/h7,13-15H,1,8-12H2,2-6H3,(H,18,20)/t13-,14+,15+/m1/s1. The van der Waals surface area contributed by atoms with Gasteiger partial charge in [-0.05, 0) is 65.5 Å². The molecule has 0 aromatic rings. The Morgan fingerprint density at radius 3 is 2.55 bits per heavy atom. The predicted octanol–water partition coefficient (Wildman–Crippen LogP) is 3.07. The van der Waals surface area contributed by atoms with Crippen molar-refractivity contribution in [3.63, 3.8) is 0 Å². The normalized spacial score (nSPS) is 27.4. The first-order valence-electron chi connectivity index (χ1n) is 7.90. The Hall–Kier alpha value is -0.830. The molecule has 1 amide bonds. The van der Waals surface area contributed by atoms with E-state index >= 15 is 0 Å². The second kappa shape index (κ2) is 7.26. The fraction of sp³-hybridized carbons (Fsp3) is 0.824. The Kier molecular flexibility index (Phi) is 6.25. The molecule has 0 saturated heterocycles. The van der Waals surface area contributed by atoms with Crippen molar-refractivity contribution in [3.8, 4) is 0 Å². The molecule has 3 nitrogen and oxygen atoms in total. The third kappa shape index (κ3) is 5.28. The molecule has 0 aromatic carbocycles. The minimum absolute atomic E-state index is 0.125. The topological polar surface area (TPSA) is 32.3 Å². The van der Waals surface area contributed by atoms with Gasteiger partial charge in [0.15, 0.2) is 0 Å². The smallest absolute Gasteiger partial charge is 0.223 e. The monoisotopic (exact) mass is 280 g/mol. The summed E-state index contributed by atoms with van der Waals surface area (Å²) in [7, 11) is 2.14. The van der Waals surface area contributed by atoms with E-state index in [0.717, 1.165) is 25.9 Å². The molecule has 116 valence electrons. The van der Waals surface area contributed by atoms with Crippen LogP contribution >= 0.6 is 0 Å². The molecule has 0 radical (unpaired) electrons. The lowest BCUT2D eigenvalue weighted by atomic mass is 9.73. The highest BCUT2D eigenvalue weighted by atomic mass is 16.2. The number of nitrogens with zero attached hydrogens (tertiary/aromatic N) is 1. The maximum Gasteiger partial charge on any atom is 0.223 e. The van der Waals surface area contributed by atoms with E-state index in [1.165, 1.54) is 6.42 Å². The summed E-state index contributed by atoms with van der Waals surface area (Å²) in [4.78, 5) is 14.9. The minimum atomic E-state index is -0.153. The van der Waals surface area contributed by atoms with Crippen molar-refractivity contribution >= 4 is 5.91 Å². The van der Waals surface area contributed by atoms with Crippen LogP contribution in [0, 0.1) is 17.8 Å². The first kappa shape index (κ1) is 17.2. The van der Waals surface area contributed by atoms with Crippen molar-refractivity contribution in [3.05, 3.63) is 12.7 Å². The van der Waals surface area contributed by atoms with Crippen molar-refractivity contribution in [2.45, 2.75) is 52.5 Å². The first-order chi connectivity index (χ1) is 9.26. The molecule has 0 aromatic heterocycles. The summed E-state index contributed by atoms with van der Waals surface area (Å²) in [5.74, 6) is 1.31. The highest BCUT2D eigenvalue weighted by Crippen LogP contribution is 2.35. The molecule has 0 bridgehead atoms. The van der Waals surface area contributed by atoms with Crippen LogP contribution in [0.5, 0.6) is 0 Å². The van der Waals surface area contributed by atoms with Crippen LogP contribution in [-0.4, -0.2) is 36.5 Å². The average Bonchev–Trinajstić information content (AvgIpc) is 2.36. The molecule has 0 aliphatic heterocycles. The fourth-order valence-electron chi connectivity index (χ4n) is 3.01. The maximum atomic E-state index is 12.6. The molecule has 0 heterocycles. The SMILES string of the molecule is C=C[C@@H]1CC[C@@H](CN(C)CC)[C@@H](C(=O)NC(C)(C)C)C1. The Morgan fingerprint density at radius 2 is 2.05 bits per heavy atom. The summed E-state index contributed by atoms with van der Waals surface area (Å²) < 4.78 is 0. The van der Waals surface area contributed by atoms with Gasteiger partial charge in [0.05, 0.1) is 0 Å². The molecule has 1 saturated carbocycles. The van der Waals surface area contributed by atoms with Crippen molar-refractivity contribution in [2.24, 2.45) is 17.8 Å². The van der Waals surface area contributed by atoms with Crippen LogP contribution in [0.3, 0.4) is 0 Å². The van der Waals surface area contributed by atoms with Gasteiger partial charge in [-0.2, -0.15) is 0 Å². The largest absolute Gasteiger partial charge is 0.351 e. The summed E-state index contributed by atoms with van der Waals surface area (Å²) in [5.41, 5.74) is -0.153. The minimum Gasteiger partial charge on any atom is -0.351 e. The first-order valence-corrected chi connectivity index (χ1v) is 7.90. The van der Waals surface area contributed by atoms with Crippen molar-refractivity contribution < 1.29 is 4.79 Å². The zero-order chi connectivity index (χ0) is 15.3. The number of nitrogens with one attached hydrogen (secondary N) is 1. The third-order valence-corrected chi connectivity index (χ3v) is 4.29. The summed E-state index contributed by atoms with van der Waals surface area (Å²) in [6, 6.07) is 0. The van der Waals surface area contributed by atoms with Gasteiger partial charge in [0.2, 0.25) is 5.91 Å². The highest BCUT2D eigenvalue weighted by molar-refractivity contribution is 5.79. The highest BCUT2D eigenvalue weighted by Gasteiger charge is 2.35. The van der Waals surface area contributed by atoms with Crippen LogP contribution in [0.1, 0.15) is 47.0 Å². The average molecular weight is 280 g/mol. The summed E-state index contributed by atoms with van der Waals surface area (Å²) in [6.45, 7) is 14.3. The molecule has 1 aliphatic carbocycles. The van der Waals surface area contributed by atoms with Crippen molar-refractivity contribution in [1.82, 2.24) is 10.2 Å². The van der Waals surface area contributed by atoms with Crippen LogP contribution in [-0.2, 0) is 4.79 Å². The number of hydrogen-bond donors (Lipinski definition) is 1. The van der Waals surface area contributed by atoms with Crippen LogP contribution in [0.4, 0.5) is 0 Å². The van der Waals surface area contributed by atoms with E-state index in [2.05, 4.69) is 30.8 Å². The lowest BCUT2D eigenvalue weighted by molar-refractivity contribution is -0.130. The fourth-order valence-corrected chi connectivity index (χ4v) is 3.01. The molecule has 1 N–H and O–H groups in total. The lowest BCUT2D eigenvalue weighted by Crippen LogP contribution is -2.48. The van der Waals surface area contributed by atoms with E-state index in [0.29, 0.717) is 11.8 Å². The lowest BCUT2D eigenvalue weighted by Gasteiger charge is -2.37. The van der Waals surface area contributed by atoms with E-state index in [9.17, 15) is 4.79 Å². The van der Waals surface area contributed by atoms with Crippen LogP contribution in [0.15, 0.2) is 12.7 Å². The van der Waals surface area contributed by atoms with Gasteiger partial charge >= 0.3 is 0 Å². The van der Waals surface area contributed by atoms with E-state index in [4.69, 9.17) is 0 Å². The van der Waals surface area contributed by atoms with Crippen molar-refractivity contribution in [2.75, 3.05) is 20.1 Å². The van der Waals surface area contributed by atoms with Gasteiger partial charge < -0.3 is 10.2 Å². The quantitative estimate of drug-likeness (QED) is 0.785. The number of allylic oxidation sites excluding steroid dienone is 1. The Bertz CT molecular complexity index is 332. The Labute approximate surface area is 124 Å². The molecular weight excluding hydrogens is 248 g/mol. The molecule has 20 heavy (non-hydrogen) atoms. The van der Waals surface area contributed by atoms with Crippen molar-refractivity contribution in [1.29, 1.82) is 0 Å². The number of amides is 1. The zero-order valence-electron chi connectivity index (χ0n) is 13.9. The van der Waals surface area contributed by atoms with Gasteiger partial charge in [0.1, 0.15) is 0 Å². The van der Waals surface area contributed by atoms with Gasteiger partial charge in [0, 0.05) is 18.0 Å². The van der Waals surface area contributed by atoms with Gasteiger partial charge in [0.25, 0.3) is 0 Å². The molecule has 1 fully saturated rings. The van der Waals surface area contributed by atoms with E-state index in [1.54, 1.807) is 0 Å². The van der Waals surface area contributed by atoms with Gasteiger partial charge in [-0.15, -0.1) is 6.58 Å². The molecule has 1 rings (SSSR count). The zero-order valence-corrected chi connectivity index (χ0v) is 13.9. The number of hydrogen-bond acceptors (Lipinski definition) is 2. The summed E-state index contributed by atoms with van der Waals surface area (Å²) in [6.07, 6.45) is 5.28. The summed E-state index contributed by atoms with van der Waals surface area (Å²) in [5, 5.41) is 3.16. The number of carbonyl (C=O) groups excluding carboxylic acids is 1. The number of carbonyl (C=O) groups is 1. The molecule has 0 unspecified atom stereocenters. The molecular formula is C17H32N2O. The number of rotatable bonds is 5. The van der Waals surface area contributed by atoms with E-state index < -0.39 is 0 Å². The summed E-state index contributed by atoms with van der Waals surface area (Å²) >= 11 is 0. The van der Waals surface area contributed by atoms with E-state index in [-0.39, 0.29) is 17.4 Å². The Balaban J connectivity index is 2.76. The molecule has 3 atom stereocenters. The van der Waals surface area contributed by atoms with Crippen LogP contribution in [0.25, 0.3) is 0 Å². The van der Waals surface area contributed by atoms with E-state index in [1.807, 2.05) is 26.8 Å². The molecule has 3 heteroatoms. The van der Waals surface area contributed by atoms with Crippen LogP contribution < -0.4 is 5.32 Å². The van der Waals surface area contributed by atoms with Gasteiger partial charge in [-0.3, -0.25) is 4.79 Å². The Morgan fingerprint density at radius 1 is 1.40 bits per heavy atom. The van der Waals surface area contributed by atoms with Crippen LogP contribution in [0.2, 0.25) is 0 Å². The molecule has 1 aliphatic rings. The third-order valence-electron chi connectivity index (χ3n) is 4.29. The molecule has 0 spiro atoms. The van der Waals surface area contributed by atoms with Gasteiger partial charge in [-0.1, -0.05) is 13.0 Å². The maximum absolute atomic E-state index is 12.6. The second-order valence-corrected chi connectivity index (χ2v) is 7.27. The second-order valence-electron chi connectivity index (χ2n) is 7.27. The predicted molar refractivity (Wildman–Crippen MR) is 85.6 cm³/mol.